The van der Waals surface area contributed by atoms with Gasteiger partial charge >= 0.3 is 0 Å². The fourth-order valence-corrected chi connectivity index (χ4v) is 5.54. The van der Waals surface area contributed by atoms with Crippen molar-refractivity contribution in [1.29, 1.82) is 5.26 Å². The molecular formula is C20H19FN2O2S2. The molecule has 1 saturated heterocycles. The molecule has 1 N–H and O–H groups in total. The van der Waals surface area contributed by atoms with E-state index in [0.29, 0.717) is 10.3 Å². The number of hydrogen-bond acceptors (Lipinski definition) is 5. The molecule has 1 aliphatic rings. The maximum atomic E-state index is 13.8. The monoisotopic (exact) mass is 402 g/mol. The van der Waals surface area contributed by atoms with Gasteiger partial charge in [-0.3, -0.25) is 4.79 Å². The molecule has 7 heteroatoms. The van der Waals surface area contributed by atoms with Crippen LogP contribution in [-0.2, 0) is 4.79 Å². The van der Waals surface area contributed by atoms with Crippen molar-refractivity contribution < 1.29 is 13.9 Å². The van der Waals surface area contributed by atoms with Crippen molar-refractivity contribution in [1.82, 2.24) is 5.32 Å². The third kappa shape index (κ3) is 5.41. The number of hydrogen-bond donors (Lipinski definition) is 1. The van der Waals surface area contributed by atoms with E-state index in [1.807, 2.05) is 53.9 Å². The number of carbonyl (C=O) groups is 1. The minimum Gasteiger partial charge on any atom is -0.484 e. The van der Waals surface area contributed by atoms with Crippen molar-refractivity contribution in [3.05, 3.63) is 65.5 Å². The normalized spacial score (nSPS) is 15.6. The summed E-state index contributed by atoms with van der Waals surface area (Å²) in [7, 11) is 0. The van der Waals surface area contributed by atoms with Crippen molar-refractivity contribution in [3.63, 3.8) is 0 Å². The maximum Gasteiger partial charge on any atom is 0.259 e. The van der Waals surface area contributed by atoms with Gasteiger partial charge in [-0.1, -0.05) is 30.3 Å². The lowest BCUT2D eigenvalue weighted by molar-refractivity contribution is -0.123. The maximum absolute atomic E-state index is 13.8. The molecule has 0 bridgehead atoms. The van der Waals surface area contributed by atoms with Gasteiger partial charge in [-0.2, -0.15) is 5.26 Å². The number of thioether (sulfide) groups is 2. The van der Waals surface area contributed by atoms with Crippen molar-refractivity contribution in [2.24, 2.45) is 0 Å². The largest absolute Gasteiger partial charge is 0.484 e. The Hall–Kier alpha value is -2.17. The van der Waals surface area contributed by atoms with Gasteiger partial charge in [0.25, 0.3) is 5.91 Å². The quantitative estimate of drug-likeness (QED) is 0.773. The number of carbonyl (C=O) groups excluding carboxylic acids is 1. The van der Waals surface area contributed by atoms with Gasteiger partial charge in [-0.25, -0.2) is 4.39 Å². The van der Waals surface area contributed by atoms with Gasteiger partial charge in [0.05, 0.1) is 10.7 Å². The lowest BCUT2D eigenvalue weighted by Crippen LogP contribution is -2.32. The Bertz CT molecular complexity index is 817. The Kier molecular flexibility index (Phi) is 7.02. The summed E-state index contributed by atoms with van der Waals surface area (Å²) >= 11 is 3.89. The van der Waals surface area contributed by atoms with Crippen LogP contribution in [0.4, 0.5) is 4.39 Å². The van der Waals surface area contributed by atoms with E-state index in [1.54, 1.807) is 6.07 Å². The molecular weight excluding hydrogens is 383 g/mol. The van der Waals surface area contributed by atoms with Crippen LogP contribution >= 0.6 is 23.5 Å². The fourth-order valence-electron chi connectivity index (χ4n) is 2.64. The lowest BCUT2D eigenvalue weighted by Gasteiger charge is -2.21. The highest BCUT2D eigenvalue weighted by molar-refractivity contribution is 8.16. The molecule has 0 radical (unpaired) electrons. The topological polar surface area (TPSA) is 62.1 Å². The Morgan fingerprint density at radius 2 is 1.93 bits per heavy atom. The predicted octanol–water partition coefficient (Wildman–Crippen LogP) is 4.45. The molecule has 3 rings (SSSR count). The summed E-state index contributed by atoms with van der Waals surface area (Å²) < 4.78 is 19.7. The van der Waals surface area contributed by atoms with E-state index in [0.717, 1.165) is 0 Å². The van der Waals surface area contributed by atoms with E-state index < -0.39 is 17.8 Å². The summed E-state index contributed by atoms with van der Waals surface area (Å²) in [6.07, 6.45) is 1.25. The highest BCUT2D eigenvalue weighted by Gasteiger charge is 2.18. The molecule has 0 saturated carbocycles. The van der Waals surface area contributed by atoms with Crippen molar-refractivity contribution >= 4 is 29.4 Å². The van der Waals surface area contributed by atoms with Crippen molar-refractivity contribution in [2.75, 3.05) is 18.1 Å². The number of nitrogens with one attached hydrogen (secondary N) is 1. The minimum absolute atomic E-state index is 0.139. The molecule has 0 aliphatic carbocycles. The van der Waals surface area contributed by atoms with Gasteiger partial charge in [0.1, 0.15) is 17.6 Å². The van der Waals surface area contributed by atoms with Gasteiger partial charge in [-0.05, 0) is 41.7 Å². The van der Waals surface area contributed by atoms with E-state index in [4.69, 9.17) is 4.74 Å². The van der Waals surface area contributed by atoms with Crippen molar-refractivity contribution in [3.8, 4) is 11.8 Å². The molecule has 0 spiro atoms. The molecule has 27 heavy (non-hydrogen) atoms. The van der Waals surface area contributed by atoms with E-state index in [-0.39, 0.29) is 12.2 Å². The molecule has 4 nitrogen and oxygen atoms in total. The van der Waals surface area contributed by atoms with Crippen LogP contribution in [0.1, 0.15) is 28.2 Å². The molecule has 1 amide bonds. The molecule has 1 fully saturated rings. The number of rotatable bonds is 6. The van der Waals surface area contributed by atoms with Gasteiger partial charge in [0, 0.05) is 5.56 Å². The van der Waals surface area contributed by atoms with Crippen LogP contribution in [0.5, 0.6) is 5.75 Å². The SMILES string of the molecule is N#CC(NC(=O)COc1ccc(C2SCCCS2)cc1)c1ccccc1F. The Labute approximate surface area is 166 Å². The number of halogens is 1. The molecule has 2 aromatic rings. The lowest BCUT2D eigenvalue weighted by atomic mass is 10.1. The van der Waals surface area contributed by atoms with E-state index in [1.165, 1.54) is 41.7 Å². The first-order valence-corrected chi connectivity index (χ1v) is 10.7. The van der Waals surface area contributed by atoms with Gasteiger partial charge in [0.2, 0.25) is 0 Å². The molecule has 1 atom stereocenters. The number of benzene rings is 2. The molecule has 140 valence electrons. The summed E-state index contributed by atoms with van der Waals surface area (Å²) in [5.41, 5.74) is 1.38. The Morgan fingerprint density at radius 3 is 2.59 bits per heavy atom. The zero-order valence-electron chi connectivity index (χ0n) is 14.6. The third-order valence-electron chi connectivity index (χ3n) is 4.00. The van der Waals surface area contributed by atoms with Crippen LogP contribution in [0.25, 0.3) is 0 Å². The zero-order valence-corrected chi connectivity index (χ0v) is 16.2. The second-order valence-corrected chi connectivity index (χ2v) is 8.66. The second kappa shape index (κ2) is 9.67. The van der Waals surface area contributed by atoms with E-state index >= 15 is 0 Å². The molecule has 2 aromatic carbocycles. The summed E-state index contributed by atoms with van der Waals surface area (Å²) in [5, 5.41) is 11.7. The highest BCUT2D eigenvalue weighted by Crippen LogP contribution is 2.43. The number of nitriles is 1. The summed E-state index contributed by atoms with van der Waals surface area (Å²) in [4.78, 5) is 12.1. The van der Waals surface area contributed by atoms with Crippen LogP contribution in [0.2, 0.25) is 0 Å². The second-order valence-electron chi connectivity index (χ2n) is 5.94. The Balaban J connectivity index is 1.52. The first-order chi connectivity index (χ1) is 13.2. The first-order valence-electron chi connectivity index (χ1n) is 8.57. The molecule has 1 heterocycles. The molecule has 0 aromatic heterocycles. The summed E-state index contributed by atoms with van der Waals surface area (Å²) in [6, 6.07) is 14.5. The van der Waals surface area contributed by atoms with Crippen LogP contribution in [0, 0.1) is 17.1 Å². The third-order valence-corrected chi connectivity index (χ3v) is 7.02. The van der Waals surface area contributed by atoms with Crippen LogP contribution < -0.4 is 10.1 Å². The first kappa shape index (κ1) is 19.6. The van der Waals surface area contributed by atoms with Gasteiger partial charge in [-0.15, -0.1) is 23.5 Å². The van der Waals surface area contributed by atoms with Gasteiger partial charge < -0.3 is 10.1 Å². The average molecular weight is 403 g/mol. The minimum atomic E-state index is -1.05. The van der Waals surface area contributed by atoms with Crippen LogP contribution in [0.3, 0.4) is 0 Å². The smallest absolute Gasteiger partial charge is 0.259 e. The summed E-state index contributed by atoms with van der Waals surface area (Å²) in [5.74, 6) is 1.93. The zero-order chi connectivity index (χ0) is 19.1. The molecule has 1 unspecified atom stereocenters. The number of nitrogens with zero attached hydrogens (tertiary/aromatic N) is 1. The standard InChI is InChI=1S/C20H19FN2O2S2/c21-17-5-2-1-4-16(17)18(12-22)23-19(24)13-25-15-8-6-14(7-9-15)20-26-10-3-11-27-20/h1-2,4-9,18,20H,3,10-11,13H2,(H,23,24). The van der Waals surface area contributed by atoms with Crippen molar-refractivity contribution in [2.45, 2.75) is 17.0 Å². The van der Waals surface area contributed by atoms with Crippen LogP contribution in [-0.4, -0.2) is 24.0 Å². The highest BCUT2D eigenvalue weighted by atomic mass is 32.2. The van der Waals surface area contributed by atoms with Crippen LogP contribution in [0.15, 0.2) is 48.5 Å². The Morgan fingerprint density at radius 1 is 1.22 bits per heavy atom. The number of ether oxygens (including phenoxy) is 1. The van der Waals surface area contributed by atoms with Gasteiger partial charge in [0.15, 0.2) is 6.61 Å². The fraction of sp³-hybridized carbons (Fsp3) is 0.300. The average Bonchev–Trinajstić information content (AvgIpc) is 2.72. The van der Waals surface area contributed by atoms with E-state index in [2.05, 4.69) is 5.32 Å². The summed E-state index contributed by atoms with van der Waals surface area (Å²) in [6.45, 7) is -0.237. The number of amides is 1. The predicted molar refractivity (Wildman–Crippen MR) is 107 cm³/mol. The van der Waals surface area contributed by atoms with E-state index in [9.17, 15) is 14.4 Å². The molecule has 1 aliphatic heterocycles.